The number of rotatable bonds is 3. The first-order chi connectivity index (χ1) is 8.49. The number of anilines is 1. The maximum absolute atomic E-state index is 12.1. The summed E-state index contributed by atoms with van der Waals surface area (Å²) in [5, 5.41) is 0. The van der Waals surface area contributed by atoms with Crippen LogP contribution in [-0.2, 0) is 10.0 Å². The fourth-order valence-corrected chi connectivity index (χ4v) is 2.88. The summed E-state index contributed by atoms with van der Waals surface area (Å²) in [5.74, 6) is 0.276. The van der Waals surface area contributed by atoms with Crippen molar-refractivity contribution in [3.8, 4) is 0 Å². The van der Waals surface area contributed by atoms with E-state index >= 15 is 0 Å². The van der Waals surface area contributed by atoms with Crippen LogP contribution in [-0.4, -0.2) is 13.4 Å². The molecule has 6 heteroatoms. The third kappa shape index (κ3) is 2.88. The lowest BCUT2D eigenvalue weighted by atomic mass is 10.2. The molecule has 0 bridgehead atoms. The van der Waals surface area contributed by atoms with E-state index in [4.69, 9.17) is 0 Å². The molecule has 0 saturated heterocycles. The monoisotopic (exact) mass is 326 g/mol. The van der Waals surface area contributed by atoms with Gasteiger partial charge < -0.3 is 0 Å². The highest BCUT2D eigenvalue weighted by Crippen LogP contribution is 2.22. The fraction of sp³-hybridized carbons (Fsp3) is 0.0833. The van der Waals surface area contributed by atoms with Crippen LogP contribution in [0.5, 0.6) is 0 Å². The molecule has 0 fully saturated rings. The molecule has 1 aromatic carbocycles. The molecule has 0 unspecified atom stereocenters. The molecule has 0 aliphatic heterocycles. The molecule has 1 aromatic heterocycles. The molecule has 18 heavy (non-hydrogen) atoms. The second-order valence-electron chi connectivity index (χ2n) is 3.75. The van der Waals surface area contributed by atoms with Crippen molar-refractivity contribution in [1.29, 1.82) is 0 Å². The lowest BCUT2D eigenvalue weighted by Crippen LogP contribution is -2.14. The topological polar surface area (TPSA) is 59.1 Å². The van der Waals surface area contributed by atoms with Gasteiger partial charge in [-0.25, -0.2) is 13.4 Å². The van der Waals surface area contributed by atoms with Gasteiger partial charge in [-0.15, -0.1) is 0 Å². The van der Waals surface area contributed by atoms with Crippen LogP contribution in [0, 0.1) is 6.92 Å². The van der Waals surface area contributed by atoms with Gasteiger partial charge >= 0.3 is 0 Å². The van der Waals surface area contributed by atoms with Gasteiger partial charge in [0.2, 0.25) is 0 Å². The number of nitrogens with one attached hydrogen (secondary N) is 1. The Morgan fingerprint density at radius 2 is 1.83 bits per heavy atom. The highest BCUT2D eigenvalue weighted by atomic mass is 79.9. The molecule has 0 amide bonds. The minimum Gasteiger partial charge on any atom is -0.262 e. The first-order valence-corrected chi connectivity index (χ1v) is 7.47. The fourth-order valence-electron chi connectivity index (χ4n) is 1.36. The Morgan fingerprint density at radius 1 is 1.17 bits per heavy atom. The van der Waals surface area contributed by atoms with Gasteiger partial charge in [0.1, 0.15) is 0 Å². The molecule has 94 valence electrons. The average molecular weight is 327 g/mol. The van der Waals surface area contributed by atoms with Crippen molar-refractivity contribution in [3.05, 3.63) is 52.6 Å². The van der Waals surface area contributed by atoms with Gasteiger partial charge in [0.25, 0.3) is 10.0 Å². The highest BCUT2D eigenvalue weighted by Gasteiger charge is 2.15. The van der Waals surface area contributed by atoms with Crippen molar-refractivity contribution in [1.82, 2.24) is 4.98 Å². The van der Waals surface area contributed by atoms with Crippen molar-refractivity contribution in [2.24, 2.45) is 0 Å². The maximum atomic E-state index is 12.1. The molecule has 0 saturated carbocycles. The van der Waals surface area contributed by atoms with Gasteiger partial charge in [0.05, 0.1) is 9.37 Å². The molecule has 4 nitrogen and oxygen atoms in total. The molecule has 1 heterocycles. The largest absolute Gasteiger partial charge is 0.263 e. The van der Waals surface area contributed by atoms with E-state index in [2.05, 4.69) is 25.6 Å². The number of hydrogen-bond donors (Lipinski definition) is 1. The zero-order valence-corrected chi connectivity index (χ0v) is 12.0. The van der Waals surface area contributed by atoms with Crippen LogP contribution in [0.4, 0.5) is 5.82 Å². The third-order valence-corrected chi connectivity index (χ3v) is 4.32. The van der Waals surface area contributed by atoms with Crippen molar-refractivity contribution < 1.29 is 8.42 Å². The third-order valence-electron chi connectivity index (χ3n) is 2.32. The Bertz CT molecular complexity index is 654. The number of hydrogen-bond acceptors (Lipinski definition) is 3. The van der Waals surface area contributed by atoms with Gasteiger partial charge in [0.15, 0.2) is 5.82 Å². The van der Waals surface area contributed by atoms with Crippen molar-refractivity contribution >= 4 is 31.8 Å². The lowest BCUT2D eigenvalue weighted by Gasteiger charge is -2.08. The predicted octanol–water partition coefficient (Wildman–Crippen LogP) is 2.95. The Balaban J connectivity index is 2.33. The SMILES string of the molecule is Cc1ccc(S(=O)(=O)Nc2ncccc2Br)cc1. The number of nitrogens with zero attached hydrogens (tertiary/aromatic N) is 1. The molecule has 0 aliphatic carbocycles. The maximum Gasteiger partial charge on any atom is 0.263 e. The summed E-state index contributed by atoms with van der Waals surface area (Å²) < 4.78 is 27.2. The van der Waals surface area contributed by atoms with Gasteiger partial charge in [-0.2, -0.15) is 0 Å². The molecule has 2 rings (SSSR count). The summed E-state index contributed by atoms with van der Waals surface area (Å²) in [6.45, 7) is 1.90. The summed E-state index contributed by atoms with van der Waals surface area (Å²) in [7, 11) is -3.60. The molecule has 0 atom stereocenters. The van der Waals surface area contributed by atoms with Crippen molar-refractivity contribution in [2.45, 2.75) is 11.8 Å². The highest BCUT2D eigenvalue weighted by molar-refractivity contribution is 9.10. The predicted molar refractivity (Wildman–Crippen MR) is 73.9 cm³/mol. The van der Waals surface area contributed by atoms with Crippen LogP contribution in [0.1, 0.15) is 5.56 Å². The van der Waals surface area contributed by atoms with E-state index in [-0.39, 0.29) is 10.7 Å². The van der Waals surface area contributed by atoms with E-state index in [0.29, 0.717) is 4.47 Å². The average Bonchev–Trinajstić information content (AvgIpc) is 2.32. The molecule has 0 radical (unpaired) electrons. The summed E-state index contributed by atoms with van der Waals surface area (Å²) in [4.78, 5) is 4.18. The molecule has 0 spiro atoms. The number of pyridine rings is 1. The zero-order valence-electron chi connectivity index (χ0n) is 9.59. The van der Waals surface area contributed by atoms with Crippen LogP contribution in [0.2, 0.25) is 0 Å². The van der Waals surface area contributed by atoms with Gasteiger partial charge in [-0.05, 0) is 47.1 Å². The van der Waals surface area contributed by atoms with Crippen molar-refractivity contribution in [2.75, 3.05) is 4.72 Å². The molecule has 0 aliphatic rings. The summed E-state index contributed by atoms with van der Waals surface area (Å²) in [5.41, 5.74) is 1.01. The van der Waals surface area contributed by atoms with Gasteiger partial charge in [0, 0.05) is 6.20 Å². The smallest absolute Gasteiger partial charge is 0.262 e. The Hall–Kier alpha value is -1.40. The minimum atomic E-state index is -3.60. The number of aromatic nitrogens is 1. The van der Waals surface area contributed by atoms with Crippen LogP contribution < -0.4 is 4.72 Å². The van der Waals surface area contributed by atoms with Crippen LogP contribution in [0.15, 0.2) is 52.0 Å². The quantitative estimate of drug-likeness (QED) is 0.943. The number of aryl methyl sites for hydroxylation is 1. The van der Waals surface area contributed by atoms with E-state index in [9.17, 15) is 8.42 Å². The van der Waals surface area contributed by atoms with Gasteiger partial charge in [-0.3, -0.25) is 4.72 Å². The van der Waals surface area contributed by atoms with Crippen LogP contribution in [0.3, 0.4) is 0 Å². The molecular formula is C12H11BrN2O2S. The number of halogens is 1. The number of sulfonamides is 1. The number of benzene rings is 1. The second kappa shape index (κ2) is 5.07. The lowest BCUT2D eigenvalue weighted by molar-refractivity contribution is 0.601. The first-order valence-electron chi connectivity index (χ1n) is 5.19. The van der Waals surface area contributed by atoms with E-state index in [0.717, 1.165) is 5.56 Å². The zero-order chi connectivity index (χ0) is 13.2. The standard InChI is InChI=1S/C12H11BrN2O2S/c1-9-4-6-10(7-5-9)18(16,17)15-12-11(13)3-2-8-14-12/h2-8H,1H3,(H,14,15). The summed E-state index contributed by atoms with van der Waals surface area (Å²) >= 11 is 3.24. The van der Waals surface area contributed by atoms with Gasteiger partial charge in [-0.1, -0.05) is 17.7 Å². The summed E-state index contributed by atoms with van der Waals surface area (Å²) in [6.07, 6.45) is 1.53. The van der Waals surface area contributed by atoms with Crippen LogP contribution >= 0.6 is 15.9 Å². The Labute approximate surface area is 114 Å². The van der Waals surface area contributed by atoms with Crippen molar-refractivity contribution in [3.63, 3.8) is 0 Å². The second-order valence-corrected chi connectivity index (χ2v) is 6.29. The van der Waals surface area contributed by atoms with E-state index in [1.807, 2.05) is 6.92 Å². The van der Waals surface area contributed by atoms with E-state index in [1.165, 1.54) is 6.20 Å². The first kappa shape index (κ1) is 13.0. The van der Waals surface area contributed by atoms with E-state index < -0.39 is 10.0 Å². The molecule has 1 N–H and O–H groups in total. The van der Waals surface area contributed by atoms with Crippen LogP contribution in [0.25, 0.3) is 0 Å². The van der Waals surface area contributed by atoms with E-state index in [1.54, 1.807) is 36.4 Å². The Kier molecular flexibility index (Phi) is 3.68. The summed E-state index contributed by atoms with van der Waals surface area (Å²) in [6, 6.07) is 10.1. The Morgan fingerprint density at radius 3 is 2.44 bits per heavy atom. The molecule has 2 aromatic rings. The minimum absolute atomic E-state index is 0.214. The molecular weight excluding hydrogens is 316 g/mol. The normalized spacial score (nSPS) is 11.2.